The molecule has 0 bridgehead atoms. The lowest BCUT2D eigenvalue weighted by Gasteiger charge is -2.08. The second kappa shape index (κ2) is 7.89. The van der Waals surface area contributed by atoms with Crippen LogP contribution < -0.4 is 15.8 Å². The van der Waals surface area contributed by atoms with Gasteiger partial charge in [-0.15, -0.1) is 0 Å². The van der Waals surface area contributed by atoms with Crippen LogP contribution in [0, 0.1) is 0 Å². The minimum atomic E-state index is -3.72. The van der Waals surface area contributed by atoms with E-state index in [-0.39, 0.29) is 29.2 Å². The van der Waals surface area contributed by atoms with Gasteiger partial charge in [-0.05, 0) is 55.2 Å². The number of rotatable bonds is 7. The van der Waals surface area contributed by atoms with E-state index in [2.05, 4.69) is 10.6 Å². The first-order chi connectivity index (χ1) is 12.8. The zero-order valence-electron chi connectivity index (χ0n) is 14.6. The van der Waals surface area contributed by atoms with Crippen LogP contribution in [0.2, 0.25) is 0 Å². The van der Waals surface area contributed by atoms with Crippen molar-refractivity contribution in [2.24, 2.45) is 5.14 Å². The van der Waals surface area contributed by atoms with E-state index in [4.69, 9.17) is 5.14 Å². The van der Waals surface area contributed by atoms with E-state index in [0.29, 0.717) is 17.7 Å². The van der Waals surface area contributed by atoms with Crippen LogP contribution >= 0.6 is 0 Å². The van der Waals surface area contributed by atoms with E-state index in [1.165, 1.54) is 12.1 Å². The summed E-state index contributed by atoms with van der Waals surface area (Å²) in [5.41, 5.74) is 1.90. The number of benzene rings is 2. The van der Waals surface area contributed by atoms with E-state index in [0.717, 1.165) is 18.4 Å². The highest BCUT2D eigenvalue weighted by atomic mass is 32.2. The molecule has 1 aliphatic carbocycles. The second-order valence-electron chi connectivity index (χ2n) is 6.57. The van der Waals surface area contributed by atoms with Gasteiger partial charge in [0.05, 0.1) is 4.90 Å². The van der Waals surface area contributed by atoms with Crippen LogP contribution in [0.1, 0.15) is 35.2 Å². The quantitative estimate of drug-likeness (QED) is 0.671. The molecule has 2 amide bonds. The Morgan fingerprint density at radius 1 is 1.07 bits per heavy atom. The molecular formula is C19H21N3O4S. The Balaban J connectivity index is 1.54. The van der Waals surface area contributed by atoms with Crippen LogP contribution in [0.25, 0.3) is 0 Å². The van der Waals surface area contributed by atoms with Crippen LogP contribution in [-0.2, 0) is 21.2 Å². The summed E-state index contributed by atoms with van der Waals surface area (Å²) in [6.45, 7) is 0. The average molecular weight is 387 g/mol. The first-order valence-electron chi connectivity index (χ1n) is 8.64. The summed E-state index contributed by atoms with van der Waals surface area (Å²) in [6, 6.07) is 13.2. The van der Waals surface area contributed by atoms with E-state index in [9.17, 15) is 18.0 Å². The molecule has 0 radical (unpaired) electrons. The summed E-state index contributed by atoms with van der Waals surface area (Å²) in [5.74, 6) is -0.325. The van der Waals surface area contributed by atoms with Crippen molar-refractivity contribution in [3.63, 3.8) is 0 Å². The molecule has 1 fully saturated rings. The SMILES string of the molecule is NS(=O)(=O)c1ccc(CCC(=O)Nc2cccc(C(=O)NC3CC3)c2)cc1. The summed E-state index contributed by atoms with van der Waals surface area (Å²) >= 11 is 0. The van der Waals surface area contributed by atoms with Crippen LogP contribution in [0.3, 0.4) is 0 Å². The number of hydrogen-bond acceptors (Lipinski definition) is 4. The summed E-state index contributed by atoms with van der Waals surface area (Å²) in [4.78, 5) is 24.3. The maximum atomic E-state index is 12.2. The number of sulfonamides is 1. The van der Waals surface area contributed by atoms with Gasteiger partial charge in [-0.1, -0.05) is 18.2 Å². The molecule has 1 aliphatic rings. The predicted octanol–water partition coefficient (Wildman–Crippen LogP) is 1.80. The van der Waals surface area contributed by atoms with Crippen LogP contribution in [-0.4, -0.2) is 26.3 Å². The number of nitrogens with two attached hydrogens (primary N) is 1. The Morgan fingerprint density at radius 3 is 2.41 bits per heavy atom. The predicted molar refractivity (Wildman–Crippen MR) is 102 cm³/mol. The van der Waals surface area contributed by atoms with Crippen molar-refractivity contribution in [2.45, 2.75) is 36.6 Å². The summed E-state index contributed by atoms with van der Waals surface area (Å²) in [7, 11) is -3.72. The molecule has 3 rings (SSSR count). The molecule has 4 N–H and O–H groups in total. The van der Waals surface area contributed by atoms with E-state index < -0.39 is 10.0 Å². The minimum Gasteiger partial charge on any atom is -0.349 e. The van der Waals surface area contributed by atoms with Crippen molar-refractivity contribution >= 4 is 27.5 Å². The number of carbonyl (C=O) groups is 2. The van der Waals surface area contributed by atoms with Gasteiger partial charge in [-0.3, -0.25) is 9.59 Å². The maximum Gasteiger partial charge on any atom is 0.251 e. The van der Waals surface area contributed by atoms with Crippen molar-refractivity contribution in [1.82, 2.24) is 5.32 Å². The fourth-order valence-electron chi connectivity index (χ4n) is 2.56. The van der Waals surface area contributed by atoms with Gasteiger partial charge < -0.3 is 10.6 Å². The third-order valence-corrected chi connectivity index (χ3v) is 5.14. The molecule has 0 heterocycles. The molecular weight excluding hydrogens is 366 g/mol. The van der Waals surface area contributed by atoms with Crippen molar-refractivity contribution in [2.75, 3.05) is 5.32 Å². The van der Waals surface area contributed by atoms with E-state index in [1.54, 1.807) is 36.4 Å². The minimum absolute atomic E-state index is 0.0389. The van der Waals surface area contributed by atoms with Gasteiger partial charge in [0.2, 0.25) is 15.9 Å². The molecule has 0 saturated heterocycles. The summed E-state index contributed by atoms with van der Waals surface area (Å²) in [6.07, 6.45) is 2.71. The normalized spacial score (nSPS) is 13.8. The lowest BCUT2D eigenvalue weighted by Crippen LogP contribution is -2.25. The molecule has 2 aromatic carbocycles. The first kappa shape index (κ1) is 19.1. The molecule has 0 aromatic heterocycles. The summed E-state index contributed by atoms with van der Waals surface area (Å²) < 4.78 is 22.5. The van der Waals surface area contributed by atoms with Crippen LogP contribution in [0.15, 0.2) is 53.4 Å². The zero-order valence-corrected chi connectivity index (χ0v) is 15.5. The van der Waals surface area contributed by atoms with Gasteiger partial charge >= 0.3 is 0 Å². The number of nitrogens with one attached hydrogen (secondary N) is 2. The van der Waals surface area contributed by atoms with Gasteiger partial charge in [0.1, 0.15) is 0 Å². The number of primary sulfonamides is 1. The number of anilines is 1. The number of hydrogen-bond donors (Lipinski definition) is 3. The average Bonchev–Trinajstić information content (AvgIpc) is 3.44. The van der Waals surface area contributed by atoms with Gasteiger partial charge in [0.15, 0.2) is 0 Å². The third kappa shape index (κ3) is 5.63. The molecule has 7 nitrogen and oxygen atoms in total. The van der Waals surface area contributed by atoms with Gasteiger partial charge in [-0.25, -0.2) is 13.6 Å². The Hall–Kier alpha value is -2.71. The summed E-state index contributed by atoms with van der Waals surface area (Å²) in [5, 5.41) is 10.7. The number of carbonyl (C=O) groups excluding carboxylic acids is 2. The lowest BCUT2D eigenvalue weighted by molar-refractivity contribution is -0.116. The molecule has 0 aliphatic heterocycles. The molecule has 0 spiro atoms. The molecule has 0 atom stereocenters. The van der Waals surface area contributed by atoms with E-state index >= 15 is 0 Å². The molecule has 142 valence electrons. The van der Waals surface area contributed by atoms with Gasteiger partial charge in [0, 0.05) is 23.7 Å². The molecule has 8 heteroatoms. The molecule has 0 unspecified atom stereocenters. The van der Waals surface area contributed by atoms with Crippen molar-refractivity contribution in [1.29, 1.82) is 0 Å². The monoisotopic (exact) mass is 387 g/mol. The van der Waals surface area contributed by atoms with Crippen molar-refractivity contribution in [3.05, 3.63) is 59.7 Å². The standard InChI is InChI=1S/C19H21N3O4S/c20-27(25,26)17-9-4-13(5-10-17)6-11-18(23)21-16-3-1-2-14(12-16)19(24)22-15-7-8-15/h1-5,9-10,12,15H,6-8,11H2,(H,21,23)(H,22,24)(H2,20,25,26). The third-order valence-electron chi connectivity index (χ3n) is 4.21. The Bertz CT molecular complexity index is 951. The Kier molecular flexibility index (Phi) is 5.57. The molecule has 1 saturated carbocycles. The Labute approximate surface area is 158 Å². The molecule has 27 heavy (non-hydrogen) atoms. The lowest BCUT2D eigenvalue weighted by atomic mass is 10.1. The maximum absolute atomic E-state index is 12.2. The van der Waals surface area contributed by atoms with E-state index in [1.807, 2.05) is 0 Å². The Morgan fingerprint density at radius 2 is 1.78 bits per heavy atom. The fraction of sp³-hybridized carbons (Fsp3) is 0.263. The topological polar surface area (TPSA) is 118 Å². The fourth-order valence-corrected chi connectivity index (χ4v) is 3.08. The number of amides is 2. The smallest absolute Gasteiger partial charge is 0.251 e. The van der Waals surface area contributed by atoms with Crippen LogP contribution in [0.5, 0.6) is 0 Å². The molecule has 2 aromatic rings. The van der Waals surface area contributed by atoms with Crippen molar-refractivity contribution in [3.8, 4) is 0 Å². The highest BCUT2D eigenvalue weighted by Gasteiger charge is 2.23. The first-order valence-corrected chi connectivity index (χ1v) is 10.2. The van der Waals surface area contributed by atoms with Gasteiger partial charge in [-0.2, -0.15) is 0 Å². The van der Waals surface area contributed by atoms with Crippen LogP contribution in [0.4, 0.5) is 5.69 Å². The highest BCUT2D eigenvalue weighted by molar-refractivity contribution is 7.89. The highest BCUT2D eigenvalue weighted by Crippen LogP contribution is 2.20. The number of aryl methyl sites for hydroxylation is 1. The second-order valence-corrected chi connectivity index (χ2v) is 8.13. The van der Waals surface area contributed by atoms with Crippen molar-refractivity contribution < 1.29 is 18.0 Å². The van der Waals surface area contributed by atoms with Gasteiger partial charge in [0.25, 0.3) is 5.91 Å². The largest absolute Gasteiger partial charge is 0.349 e. The zero-order chi connectivity index (χ0) is 19.4.